The number of allylic oxidation sites excluding steroid dienone is 1. The normalized spacial score (nSPS) is 12.1. The van der Waals surface area contributed by atoms with E-state index in [-0.39, 0.29) is 6.04 Å². The van der Waals surface area contributed by atoms with Gasteiger partial charge in [-0.3, -0.25) is 9.98 Å². The summed E-state index contributed by atoms with van der Waals surface area (Å²) >= 11 is 0. The van der Waals surface area contributed by atoms with Gasteiger partial charge in [0, 0.05) is 30.2 Å². The van der Waals surface area contributed by atoms with Gasteiger partial charge in [0.2, 0.25) is 0 Å². The summed E-state index contributed by atoms with van der Waals surface area (Å²) in [5.74, 6) is 0. The molecule has 4 nitrogen and oxygen atoms in total. The number of nitrogens with two attached hydrogens (primary N) is 1. The monoisotopic (exact) mass is 326 g/mol. The molecular weight excluding hydrogens is 296 g/mol. The summed E-state index contributed by atoms with van der Waals surface area (Å²) < 4.78 is 0. The van der Waals surface area contributed by atoms with E-state index in [0.717, 1.165) is 22.7 Å². The van der Waals surface area contributed by atoms with Crippen LogP contribution in [0.15, 0.2) is 71.5 Å². The Morgan fingerprint density at radius 2 is 1.92 bits per heavy atom. The SMILES string of the molecule is C=CCC(N)C(=C)Nc1ccc(C(/C=C\N=C)=NCC)cc1.CC. The number of aliphatic imine (C=N–C) groups is 2. The summed E-state index contributed by atoms with van der Waals surface area (Å²) in [7, 11) is 0. The fourth-order valence-electron chi connectivity index (χ4n) is 1.86. The Bertz CT molecular complexity index is 568. The lowest BCUT2D eigenvalue weighted by Gasteiger charge is -2.15. The second-order valence-electron chi connectivity index (χ2n) is 4.72. The van der Waals surface area contributed by atoms with Crippen LogP contribution in [0.1, 0.15) is 32.8 Å². The minimum atomic E-state index is -0.143. The maximum atomic E-state index is 5.97. The lowest BCUT2D eigenvalue weighted by Crippen LogP contribution is -2.25. The number of rotatable bonds is 9. The van der Waals surface area contributed by atoms with Crippen LogP contribution in [0, 0.1) is 0 Å². The smallest absolute Gasteiger partial charge is 0.0661 e. The van der Waals surface area contributed by atoms with Gasteiger partial charge in [0.1, 0.15) is 0 Å². The molecule has 0 aliphatic carbocycles. The zero-order valence-corrected chi connectivity index (χ0v) is 15.1. The molecule has 1 unspecified atom stereocenters. The molecule has 3 N–H and O–H groups in total. The molecule has 0 radical (unpaired) electrons. The summed E-state index contributed by atoms with van der Waals surface area (Å²) in [5, 5.41) is 3.21. The van der Waals surface area contributed by atoms with Gasteiger partial charge in [-0.25, -0.2) is 0 Å². The molecule has 0 heterocycles. The molecule has 130 valence electrons. The topological polar surface area (TPSA) is 62.8 Å². The van der Waals surface area contributed by atoms with E-state index in [4.69, 9.17) is 5.73 Å². The lowest BCUT2D eigenvalue weighted by atomic mass is 10.1. The van der Waals surface area contributed by atoms with Crippen LogP contribution in [0.5, 0.6) is 0 Å². The highest BCUT2D eigenvalue weighted by Crippen LogP contribution is 2.14. The Morgan fingerprint density at radius 1 is 1.29 bits per heavy atom. The standard InChI is InChI=1S/C18H24N4.C2H6/c1-5-7-17(19)14(3)22-16-10-8-15(9-11-16)18(21-6-2)12-13-20-4;1-2/h5,8-13,17,22H,1,3-4,6-7,19H2,2H3;1-2H3/b13-12-,21-18?;. The van der Waals surface area contributed by atoms with E-state index in [1.807, 2.05) is 51.1 Å². The first-order valence-electron chi connectivity index (χ1n) is 8.22. The second kappa shape index (κ2) is 13.0. The van der Waals surface area contributed by atoms with Crippen molar-refractivity contribution in [2.75, 3.05) is 11.9 Å². The van der Waals surface area contributed by atoms with Crippen LogP contribution in [0.3, 0.4) is 0 Å². The third-order valence-corrected chi connectivity index (χ3v) is 3.02. The molecule has 0 fully saturated rings. The van der Waals surface area contributed by atoms with E-state index in [9.17, 15) is 0 Å². The molecule has 1 aromatic carbocycles. The molecular formula is C20H30N4. The Labute approximate surface area is 146 Å². The van der Waals surface area contributed by atoms with Crippen molar-refractivity contribution >= 4 is 18.1 Å². The fourth-order valence-corrected chi connectivity index (χ4v) is 1.86. The number of hydrogen-bond donors (Lipinski definition) is 2. The predicted molar refractivity (Wildman–Crippen MR) is 109 cm³/mol. The summed E-state index contributed by atoms with van der Waals surface area (Å²) in [4.78, 5) is 8.17. The quantitative estimate of drug-likeness (QED) is 0.516. The zero-order valence-electron chi connectivity index (χ0n) is 15.1. The number of hydrogen-bond acceptors (Lipinski definition) is 4. The van der Waals surface area contributed by atoms with Gasteiger partial charge in [0.25, 0.3) is 0 Å². The van der Waals surface area contributed by atoms with Gasteiger partial charge in [0.05, 0.1) is 5.71 Å². The number of nitrogens with one attached hydrogen (secondary N) is 1. The van der Waals surface area contributed by atoms with Crippen LogP contribution in [-0.4, -0.2) is 25.0 Å². The first kappa shape index (κ1) is 21.5. The van der Waals surface area contributed by atoms with Gasteiger partial charge in [-0.2, -0.15) is 0 Å². The summed E-state index contributed by atoms with van der Waals surface area (Å²) in [6.45, 7) is 17.8. The van der Waals surface area contributed by atoms with Crippen molar-refractivity contribution in [1.29, 1.82) is 0 Å². The summed E-state index contributed by atoms with van der Waals surface area (Å²) in [5.41, 5.74) is 9.58. The average Bonchev–Trinajstić information content (AvgIpc) is 2.61. The first-order chi connectivity index (χ1) is 11.6. The van der Waals surface area contributed by atoms with Crippen LogP contribution in [0.2, 0.25) is 0 Å². The molecule has 0 amide bonds. The Balaban J connectivity index is 0.00000254. The molecule has 0 aliphatic rings. The highest BCUT2D eigenvalue weighted by molar-refractivity contribution is 6.08. The Kier molecular flexibility index (Phi) is 11.7. The molecule has 0 aliphatic heterocycles. The van der Waals surface area contributed by atoms with E-state index < -0.39 is 0 Å². The second-order valence-corrected chi connectivity index (χ2v) is 4.72. The maximum Gasteiger partial charge on any atom is 0.0661 e. The van der Waals surface area contributed by atoms with Gasteiger partial charge in [-0.05, 0) is 43.8 Å². The molecule has 0 saturated heterocycles. The first-order valence-corrected chi connectivity index (χ1v) is 8.22. The van der Waals surface area contributed by atoms with E-state index in [1.165, 1.54) is 0 Å². The van der Waals surface area contributed by atoms with Crippen molar-refractivity contribution in [3.8, 4) is 0 Å². The van der Waals surface area contributed by atoms with Crippen molar-refractivity contribution in [2.45, 2.75) is 33.2 Å². The largest absolute Gasteiger partial charge is 0.358 e. The number of anilines is 1. The van der Waals surface area contributed by atoms with Crippen LogP contribution < -0.4 is 11.1 Å². The van der Waals surface area contributed by atoms with Crippen LogP contribution in [0.4, 0.5) is 5.69 Å². The molecule has 1 atom stereocenters. The third-order valence-electron chi connectivity index (χ3n) is 3.02. The van der Waals surface area contributed by atoms with Crippen molar-refractivity contribution in [2.24, 2.45) is 15.7 Å². The van der Waals surface area contributed by atoms with Gasteiger partial charge < -0.3 is 11.1 Å². The highest BCUT2D eigenvalue weighted by Gasteiger charge is 2.06. The van der Waals surface area contributed by atoms with E-state index in [0.29, 0.717) is 13.0 Å². The van der Waals surface area contributed by atoms with Crippen molar-refractivity contribution in [3.05, 3.63) is 67.0 Å². The van der Waals surface area contributed by atoms with Crippen molar-refractivity contribution < 1.29 is 0 Å². The number of nitrogens with zero attached hydrogens (tertiary/aromatic N) is 2. The third kappa shape index (κ3) is 7.70. The lowest BCUT2D eigenvalue weighted by molar-refractivity contribution is 0.792. The van der Waals surface area contributed by atoms with Crippen molar-refractivity contribution in [1.82, 2.24) is 0 Å². The van der Waals surface area contributed by atoms with Crippen molar-refractivity contribution in [3.63, 3.8) is 0 Å². The van der Waals surface area contributed by atoms with Gasteiger partial charge in [-0.15, -0.1) is 6.58 Å². The molecule has 24 heavy (non-hydrogen) atoms. The van der Waals surface area contributed by atoms with E-state index >= 15 is 0 Å². The average molecular weight is 326 g/mol. The zero-order chi connectivity index (χ0) is 18.4. The molecule has 0 saturated carbocycles. The molecule has 1 rings (SSSR count). The van der Waals surface area contributed by atoms with Crippen LogP contribution in [0.25, 0.3) is 0 Å². The van der Waals surface area contributed by atoms with Crippen LogP contribution in [-0.2, 0) is 0 Å². The Hall–Kier alpha value is -2.46. The van der Waals surface area contributed by atoms with Gasteiger partial charge >= 0.3 is 0 Å². The molecule has 0 bridgehead atoms. The van der Waals surface area contributed by atoms with Gasteiger partial charge in [0.15, 0.2) is 0 Å². The molecule has 1 aromatic rings. The number of benzene rings is 1. The predicted octanol–water partition coefficient (Wildman–Crippen LogP) is 4.57. The summed E-state index contributed by atoms with van der Waals surface area (Å²) in [6, 6.07) is 7.80. The van der Waals surface area contributed by atoms with Gasteiger partial charge in [-0.1, -0.05) is 38.6 Å². The molecule has 0 aromatic heterocycles. The van der Waals surface area contributed by atoms with Crippen LogP contribution >= 0.6 is 0 Å². The van der Waals surface area contributed by atoms with E-state index in [1.54, 1.807) is 12.3 Å². The minimum Gasteiger partial charge on any atom is -0.358 e. The molecule has 4 heteroatoms. The summed E-state index contributed by atoms with van der Waals surface area (Å²) in [6.07, 6.45) is 5.96. The maximum absolute atomic E-state index is 5.97. The van der Waals surface area contributed by atoms with E-state index in [2.05, 4.69) is 35.2 Å². The minimum absolute atomic E-state index is 0.143. The molecule has 0 spiro atoms. The fraction of sp³-hybridized carbons (Fsp3) is 0.300. The highest BCUT2D eigenvalue weighted by atomic mass is 14.9. The Morgan fingerprint density at radius 3 is 2.42 bits per heavy atom.